The highest BCUT2D eigenvalue weighted by Gasteiger charge is 2.14. The quantitative estimate of drug-likeness (QED) is 0.742. The first kappa shape index (κ1) is 13.2. The van der Waals surface area contributed by atoms with Gasteiger partial charge in [0.2, 0.25) is 0 Å². The van der Waals surface area contributed by atoms with Crippen LogP contribution in [0.4, 0.5) is 5.82 Å². The molecule has 0 aliphatic rings. The van der Waals surface area contributed by atoms with Crippen molar-refractivity contribution >= 4 is 17.4 Å². The minimum Gasteiger partial charge on any atom is -0.305 e. The van der Waals surface area contributed by atoms with E-state index in [-0.39, 0.29) is 17.2 Å². The van der Waals surface area contributed by atoms with Gasteiger partial charge in [0.1, 0.15) is 17.2 Å². The number of aryl methyl sites for hydroxylation is 3. The number of nitrogens with one attached hydrogen (secondary N) is 2. The predicted molar refractivity (Wildman–Crippen MR) is 78.7 cm³/mol. The number of carbonyl (C=O) groups is 1. The average Bonchev–Trinajstić information content (AvgIpc) is 2.98. The van der Waals surface area contributed by atoms with Gasteiger partial charge in [0.05, 0.1) is 6.20 Å². The summed E-state index contributed by atoms with van der Waals surface area (Å²) in [5, 5.41) is 5.26. The summed E-state index contributed by atoms with van der Waals surface area (Å²) in [6, 6.07) is 3.22. The average molecular weight is 285 g/mol. The van der Waals surface area contributed by atoms with Crippen LogP contribution < -0.4 is 10.9 Å². The molecule has 3 aromatic rings. The van der Waals surface area contributed by atoms with Crippen LogP contribution in [0.15, 0.2) is 29.3 Å². The Hall–Kier alpha value is -2.83. The molecule has 3 rings (SSSR count). The Morgan fingerprint density at radius 2 is 2.14 bits per heavy atom. The number of rotatable bonds is 2. The minimum atomic E-state index is -0.365. The lowest BCUT2D eigenvalue weighted by Gasteiger charge is -2.07. The van der Waals surface area contributed by atoms with Crippen LogP contribution >= 0.6 is 0 Å². The number of aromatic nitrogens is 4. The smallest absolute Gasteiger partial charge is 0.275 e. The fourth-order valence-electron chi connectivity index (χ4n) is 2.25. The molecule has 0 atom stereocenters. The van der Waals surface area contributed by atoms with E-state index >= 15 is 0 Å². The Balaban J connectivity index is 1.99. The van der Waals surface area contributed by atoms with Crippen LogP contribution in [0.1, 0.15) is 21.6 Å². The van der Waals surface area contributed by atoms with Gasteiger partial charge in [0.15, 0.2) is 0 Å². The number of hydrogen-bond donors (Lipinski definition) is 2. The van der Waals surface area contributed by atoms with Crippen molar-refractivity contribution in [2.45, 2.75) is 13.8 Å². The van der Waals surface area contributed by atoms with E-state index in [9.17, 15) is 9.59 Å². The predicted octanol–water partition coefficient (Wildman–Crippen LogP) is 1.23. The van der Waals surface area contributed by atoms with Gasteiger partial charge < -0.3 is 5.32 Å². The van der Waals surface area contributed by atoms with E-state index in [4.69, 9.17) is 0 Å². The summed E-state index contributed by atoms with van der Waals surface area (Å²) in [6.45, 7) is 4.00. The molecule has 3 heterocycles. The number of aromatic amines is 1. The highest BCUT2D eigenvalue weighted by Crippen LogP contribution is 2.18. The van der Waals surface area contributed by atoms with Crippen LogP contribution in [0.3, 0.4) is 0 Å². The van der Waals surface area contributed by atoms with Crippen LogP contribution in [-0.2, 0) is 7.05 Å². The second-order valence-electron chi connectivity index (χ2n) is 4.98. The Bertz CT molecular complexity index is 900. The van der Waals surface area contributed by atoms with E-state index in [0.29, 0.717) is 5.82 Å². The molecular formula is C14H15N5O2. The number of amides is 1. The fraction of sp³-hybridized carbons (Fsp3) is 0.214. The Morgan fingerprint density at radius 3 is 2.81 bits per heavy atom. The Labute approximate surface area is 120 Å². The zero-order valence-electron chi connectivity index (χ0n) is 12.0. The molecule has 2 N–H and O–H groups in total. The molecule has 0 radical (unpaired) electrons. The maximum absolute atomic E-state index is 12.2. The molecule has 0 saturated heterocycles. The molecule has 108 valence electrons. The number of carbonyl (C=O) groups excluding carboxylic acids is 1. The maximum atomic E-state index is 12.2. The molecule has 0 aliphatic carbocycles. The summed E-state index contributed by atoms with van der Waals surface area (Å²) in [4.78, 5) is 27.8. The summed E-state index contributed by atoms with van der Waals surface area (Å²) in [5.41, 5.74) is 2.95. The van der Waals surface area contributed by atoms with Gasteiger partial charge in [-0.3, -0.25) is 23.8 Å². The van der Waals surface area contributed by atoms with Crippen molar-refractivity contribution in [3.63, 3.8) is 0 Å². The SMILES string of the molecule is Cc1ccn2c(NC(=O)c3cc(=O)[nH]n3C)cnc2c1C. The van der Waals surface area contributed by atoms with E-state index in [1.807, 2.05) is 30.5 Å². The van der Waals surface area contributed by atoms with E-state index in [1.54, 1.807) is 13.2 Å². The van der Waals surface area contributed by atoms with Crippen LogP contribution in [-0.4, -0.2) is 25.1 Å². The van der Waals surface area contributed by atoms with Gasteiger partial charge in [-0.15, -0.1) is 0 Å². The van der Waals surface area contributed by atoms with Gasteiger partial charge in [0, 0.05) is 19.3 Å². The second-order valence-corrected chi connectivity index (χ2v) is 4.98. The van der Waals surface area contributed by atoms with Crippen LogP contribution in [0, 0.1) is 13.8 Å². The van der Waals surface area contributed by atoms with E-state index in [1.165, 1.54) is 10.7 Å². The van der Waals surface area contributed by atoms with Crippen molar-refractivity contribution in [1.29, 1.82) is 0 Å². The van der Waals surface area contributed by atoms with Crippen molar-refractivity contribution in [2.24, 2.45) is 7.05 Å². The number of imidazole rings is 1. The first-order valence-corrected chi connectivity index (χ1v) is 6.48. The lowest BCUT2D eigenvalue weighted by Crippen LogP contribution is -2.17. The molecular weight excluding hydrogens is 270 g/mol. The molecule has 1 amide bonds. The molecule has 0 bridgehead atoms. The van der Waals surface area contributed by atoms with Gasteiger partial charge in [-0.1, -0.05) is 0 Å². The van der Waals surface area contributed by atoms with Crippen molar-refractivity contribution in [1.82, 2.24) is 19.2 Å². The maximum Gasteiger partial charge on any atom is 0.275 e. The Morgan fingerprint density at radius 1 is 1.38 bits per heavy atom. The van der Waals surface area contributed by atoms with E-state index < -0.39 is 0 Å². The third-order valence-corrected chi connectivity index (χ3v) is 3.58. The second kappa shape index (κ2) is 4.62. The number of hydrogen-bond acceptors (Lipinski definition) is 3. The third kappa shape index (κ3) is 2.12. The highest BCUT2D eigenvalue weighted by atomic mass is 16.2. The molecule has 0 saturated carbocycles. The molecule has 7 heteroatoms. The zero-order chi connectivity index (χ0) is 15.1. The molecule has 0 unspecified atom stereocenters. The van der Waals surface area contributed by atoms with E-state index in [0.717, 1.165) is 16.8 Å². The summed E-state index contributed by atoms with van der Waals surface area (Å²) in [6.07, 6.45) is 3.46. The highest BCUT2D eigenvalue weighted by molar-refractivity contribution is 6.02. The molecule has 3 aromatic heterocycles. The molecule has 7 nitrogen and oxygen atoms in total. The standard InChI is InChI=1S/C14H15N5O2/c1-8-4-5-19-11(7-15-13(19)9(8)2)16-14(21)10-6-12(20)17-18(10)3/h4-7H,1-3H3,(H,16,21)(H,17,20). The largest absolute Gasteiger partial charge is 0.305 e. The monoisotopic (exact) mass is 285 g/mol. The summed E-state index contributed by atoms with van der Waals surface area (Å²) in [7, 11) is 1.61. The number of fused-ring (bicyclic) bond motifs is 1. The third-order valence-electron chi connectivity index (χ3n) is 3.58. The van der Waals surface area contributed by atoms with Crippen molar-refractivity contribution in [3.05, 3.63) is 51.7 Å². The Kier molecular flexibility index (Phi) is 2.90. The summed E-state index contributed by atoms with van der Waals surface area (Å²) in [5.74, 6) is 0.197. The molecule has 0 spiro atoms. The van der Waals surface area contributed by atoms with Crippen molar-refractivity contribution < 1.29 is 4.79 Å². The topological polar surface area (TPSA) is 84.2 Å². The normalized spacial score (nSPS) is 11.0. The van der Waals surface area contributed by atoms with Gasteiger partial charge in [-0.25, -0.2) is 4.98 Å². The first-order valence-electron chi connectivity index (χ1n) is 6.48. The molecule has 21 heavy (non-hydrogen) atoms. The molecule has 0 aromatic carbocycles. The van der Waals surface area contributed by atoms with Gasteiger partial charge in [-0.2, -0.15) is 0 Å². The first-order chi connectivity index (χ1) is 9.97. The lowest BCUT2D eigenvalue weighted by atomic mass is 10.2. The molecule has 0 aliphatic heterocycles. The summed E-state index contributed by atoms with van der Waals surface area (Å²) < 4.78 is 3.20. The van der Waals surface area contributed by atoms with Crippen LogP contribution in [0.2, 0.25) is 0 Å². The number of anilines is 1. The van der Waals surface area contributed by atoms with E-state index in [2.05, 4.69) is 15.4 Å². The lowest BCUT2D eigenvalue weighted by molar-refractivity contribution is 0.101. The number of pyridine rings is 1. The van der Waals surface area contributed by atoms with Gasteiger partial charge in [-0.05, 0) is 31.0 Å². The zero-order valence-corrected chi connectivity index (χ0v) is 12.0. The van der Waals surface area contributed by atoms with Crippen molar-refractivity contribution in [2.75, 3.05) is 5.32 Å². The number of H-pyrrole nitrogens is 1. The van der Waals surface area contributed by atoms with Crippen LogP contribution in [0.25, 0.3) is 5.65 Å². The van der Waals surface area contributed by atoms with Gasteiger partial charge >= 0.3 is 0 Å². The van der Waals surface area contributed by atoms with Crippen molar-refractivity contribution in [3.8, 4) is 0 Å². The number of nitrogens with zero attached hydrogens (tertiary/aromatic N) is 3. The summed E-state index contributed by atoms with van der Waals surface area (Å²) >= 11 is 0. The molecule has 0 fully saturated rings. The van der Waals surface area contributed by atoms with Gasteiger partial charge in [0.25, 0.3) is 11.5 Å². The fourth-order valence-corrected chi connectivity index (χ4v) is 2.25. The minimum absolute atomic E-state index is 0.263. The van der Waals surface area contributed by atoms with Crippen LogP contribution in [0.5, 0.6) is 0 Å².